The molecule has 0 heterocycles. The van der Waals surface area contributed by atoms with Crippen molar-refractivity contribution in [2.45, 2.75) is 77.4 Å². The summed E-state index contributed by atoms with van der Waals surface area (Å²) < 4.78 is 6.05. The van der Waals surface area contributed by atoms with Crippen molar-refractivity contribution in [3.63, 3.8) is 0 Å². The fraction of sp³-hybridized carbons (Fsp3) is 1.00. The van der Waals surface area contributed by atoms with Gasteiger partial charge in [0.2, 0.25) is 0 Å². The highest BCUT2D eigenvalue weighted by atomic mass is 16.5. The van der Waals surface area contributed by atoms with E-state index in [0.717, 1.165) is 19.4 Å². The van der Waals surface area contributed by atoms with Gasteiger partial charge in [-0.2, -0.15) is 0 Å². The Balaban J connectivity index is 1.85. The van der Waals surface area contributed by atoms with E-state index >= 15 is 0 Å². The van der Waals surface area contributed by atoms with Crippen molar-refractivity contribution in [2.75, 3.05) is 6.61 Å². The normalized spacial score (nSPS) is 32.5. The summed E-state index contributed by atoms with van der Waals surface area (Å²) in [6.45, 7) is 5.34. The largest absolute Gasteiger partial charge is 0.392 e. The molecule has 2 saturated carbocycles. The maximum absolute atomic E-state index is 10.1. The summed E-state index contributed by atoms with van der Waals surface area (Å²) >= 11 is 0. The molecule has 0 amide bonds. The zero-order valence-corrected chi connectivity index (χ0v) is 11.5. The van der Waals surface area contributed by atoms with Crippen LogP contribution in [-0.2, 0) is 4.74 Å². The zero-order valence-electron chi connectivity index (χ0n) is 11.5. The quantitative estimate of drug-likeness (QED) is 0.814. The summed E-state index contributed by atoms with van der Waals surface area (Å²) in [6, 6.07) is 0. The van der Waals surface area contributed by atoms with Gasteiger partial charge < -0.3 is 9.84 Å². The second kappa shape index (κ2) is 5.71. The van der Waals surface area contributed by atoms with Crippen molar-refractivity contribution in [1.29, 1.82) is 0 Å². The fourth-order valence-electron chi connectivity index (χ4n) is 3.45. The standard InChI is InChI=1S/C15H28O2/c1-12(2)7-10-17-14-11-13(16)15(14)8-5-3-4-6-9-15/h12-14,16H,3-11H2,1-2H3. The van der Waals surface area contributed by atoms with Gasteiger partial charge in [0, 0.05) is 18.4 Å². The van der Waals surface area contributed by atoms with Crippen LogP contribution in [0.15, 0.2) is 0 Å². The summed E-state index contributed by atoms with van der Waals surface area (Å²) in [5.41, 5.74) is 0.132. The van der Waals surface area contributed by atoms with Crippen molar-refractivity contribution >= 4 is 0 Å². The molecule has 2 rings (SSSR count). The maximum atomic E-state index is 10.1. The van der Waals surface area contributed by atoms with Gasteiger partial charge in [-0.05, 0) is 25.2 Å². The second-order valence-corrected chi connectivity index (χ2v) is 6.44. The molecule has 2 fully saturated rings. The van der Waals surface area contributed by atoms with Crippen molar-refractivity contribution in [1.82, 2.24) is 0 Å². The Bertz CT molecular complexity index is 229. The Kier molecular flexibility index (Phi) is 4.48. The third-order valence-corrected chi connectivity index (χ3v) is 4.79. The predicted molar refractivity (Wildman–Crippen MR) is 70.0 cm³/mol. The first-order chi connectivity index (χ1) is 8.15. The van der Waals surface area contributed by atoms with Gasteiger partial charge in [-0.3, -0.25) is 0 Å². The Labute approximate surface area is 106 Å². The van der Waals surface area contributed by atoms with E-state index in [9.17, 15) is 5.11 Å². The number of aliphatic hydroxyl groups is 1. The average Bonchev–Trinajstić information content (AvgIpc) is 2.55. The van der Waals surface area contributed by atoms with Crippen molar-refractivity contribution in [2.24, 2.45) is 11.3 Å². The molecule has 1 N–H and O–H groups in total. The van der Waals surface area contributed by atoms with Crippen molar-refractivity contribution in [3.8, 4) is 0 Å². The summed E-state index contributed by atoms with van der Waals surface area (Å²) in [5.74, 6) is 0.713. The van der Waals surface area contributed by atoms with Crippen molar-refractivity contribution < 1.29 is 9.84 Å². The number of hydrogen-bond donors (Lipinski definition) is 1. The Morgan fingerprint density at radius 3 is 2.35 bits per heavy atom. The van der Waals surface area contributed by atoms with Crippen molar-refractivity contribution in [3.05, 3.63) is 0 Å². The average molecular weight is 240 g/mol. The van der Waals surface area contributed by atoms with Gasteiger partial charge in [0.1, 0.15) is 0 Å². The van der Waals surface area contributed by atoms with E-state index in [2.05, 4.69) is 13.8 Å². The van der Waals surface area contributed by atoms with Crippen LogP contribution < -0.4 is 0 Å². The van der Waals surface area contributed by atoms with Gasteiger partial charge in [0.25, 0.3) is 0 Å². The minimum atomic E-state index is -0.0929. The highest BCUT2D eigenvalue weighted by molar-refractivity contribution is 5.04. The topological polar surface area (TPSA) is 29.5 Å². The number of aliphatic hydroxyl groups excluding tert-OH is 1. The molecule has 0 aromatic carbocycles. The molecule has 0 bridgehead atoms. The summed E-state index contributed by atoms with van der Waals surface area (Å²) in [6.07, 6.45) is 9.86. The van der Waals surface area contributed by atoms with E-state index in [1.54, 1.807) is 0 Å². The smallest absolute Gasteiger partial charge is 0.0680 e. The van der Waals surface area contributed by atoms with Crippen LogP contribution in [0.5, 0.6) is 0 Å². The van der Waals surface area contributed by atoms with E-state index < -0.39 is 0 Å². The third kappa shape index (κ3) is 2.85. The first-order valence-electron chi connectivity index (χ1n) is 7.45. The van der Waals surface area contributed by atoms with Crippen LogP contribution in [0, 0.1) is 11.3 Å². The number of hydrogen-bond acceptors (Lipinski definition) is 2. The molecule has 17 heavy (non-hydrogen) atoms. The van der Waals surface area contributed by atoms with Gasteiger partial charge >= 0.3 is 0 Å². The van der Waals surface area contributed by atoms with E-state index in [4.69, 9.17) is 4.74 Å². The molecular formula is C15H28O2. The molecule has 0 aromatic rings. The lowest BCUT2D eigenvalue weighted by Gasteiger charge is -2.53. The van der Waals surface area contributed by atoms with Crippen LogP contribution in [0.2, 0.25) is 0 Å². The van der Waals surface area contributed by atoms with Crippen LogP contribution in [0.1, 0.15) is 65.2 Å². The van der Waals surface area contributed by atoms with E-state index in [-0.39, 0.29) is 11.5 Å². The third-order valence-electron chi connectivity index (χ3n) is 4.79. The molecule has 0 aliphatic heterocycles. The predicted octanol–water partition coefficient (Wildman–Crippen LogP) is 3.52. The lowest BCUT2D eigenvalue weighted by Crippen LogP contribution is -2.58. The minimum Gasteiger partial charge on any atom is -0.392 e. The monoisotopic (exact) mass is 240 g/mol. The molecule has 2 atom stereocenters. The van der Waals surface area contributed by atoms with E-state index in [0.29, 0.717) is 12.0 Å². The minimum absolute atomic E-state index is 0.0929. The highest BCUT2D eigenvalue weighted by Crippen LogP contribution is 2.52. The second-order valence-electron chi connectivity index (χ2n) is 6.44. The van der Waals surface area contributed by atoms with Crippen LogP contribution in [0.4, 0.5) is 0 Å². The van der Waals surface area contributed by atoms with Crippen LogP contribution >= 0.6 is 0 Å². The van der Waals surface area contributed by atoms with Gasteiger partial charge in [-0.1, -0.05) is 39.5 Å². The molecule has 0 radical (unpaired) electrons. The molecule has 2 heteroatoms. The summed E-state index contributed by atoms with van der Waals surface area (Å²) in [7, 11) is 0. The Morgan fingerprint density at radius 1 is 1.18 bits per heavy atom. The molecule has 0 saturated heterocycles. The Morgan fingerprint density at radius 2 is 1.82 bits per heavy atom. The maximum Gasteiger partial charge on any atom is 0.0680 e. The van der Waals surface area contributed by atoms with E-state index in [1.807, 2.05) is 0 Å². The van der Waals surface area contributed by atoms with E-state index in [1.165, 1.54) is 38.5 Å². The number of rotatable bonds is 4. The molecule has 2 nitrogen and oxygen atoms in total. The number of ether oxygens (including phenoxy) is 1. The summed E-state index contributed by atoms with van der Waals surface area (Å²) in [5, 5.41) is 10.1. The fourth-order valence-corrected chi connectivity index (χ4v) is 3.45. The van der Waals surface area contributed by atoms with Crippen LogP contribution in [-0.4, -0.2) is 23.9 Å². The molecule has 2 aliphatic carbocycles. The first kappa shape index (κ1) is 13.4. The molecule has 0 aromatic heterocycles. The Hall–Kier alpha value is -0.0800. The molecule has 2 unspecified atom stereocenters. The molecule has 2 aliphatic rings. The SMILES string of the molecule is CC(C)CCOC1CC(O)C12CCCCCC2. The lowest BCUT2D eigenvalue weighted by molar-refractivity contribution is -0.199. The summed E-state index contributed by atoms with van der Waals surface area (Å²) in [4.78, 5) is 0. The van der Waals surface area contributed by atoms with Gasteiger partial charge in [-0.15, -0.1) is 0 Å². The van der Waals surface area contributed by atoms with Crippen LogP contribution in [0.3, 0.4) is 0 Å². The first-order valence-corrected chi connectivity index (χ1v) is 7.45. The highest BCUT2D eigenvalue weighted by Gasteiger charge is 2.54. The van der Waals surface area contributed by atoms with Crippen LogP contribution in [0.25, 0.3) is 0 Å². The van der Waals surface area contributed by atoms with Gasteiger partial charge in [-0.25, -0.2) is 0 Å². The molecular weight excluding hydrogens is 212 g/mol. The van der Waals surface area contributed by atoms with Gasteiger partial charge in [0.05, 0.1) is 12.2 Å². The molecule has 1 spiro atoms. The molecule has 100 valence electrons. The van der Waals surface area contributed by atoms with Gasteiger partial charge in [0.15, 0.2) is 0 Å². The zero-order chi connectivity index (χ0) is 12.3. The lowest BCUT2D eigenvalue weighted by atomic mass is 9.59.